The summed E-state index contributed by atoms with van der Waals surface area (Å²) >= 11 is 0. The van der Waals surface area contributed by atoms with Gasteiger partial charge in [-0.15, -0.1) is 0 Å². The molecular formula is C15H16N4O10. The van der Waals surface area contributed by atoms with E-state index in [1.165, 1.54) is 12.1 Å². The van der Waals surface area contributed by atoms with Gasteiger partial charge in [0.2, 0.25) is 0 Å². The maximum atomic E-state index is 12.7. The highest BCUT2D eigenvalue weighted by Gasteiger charge is 2.48. The molecule has 29 heavy (non-hydrogen) atoms. The Kier molecular flexibility index (Phi) is 5.88. The van der Waals surface area contributed by atoms with Crippen LogP contribution in [0.5, 0.6) is 0 Å². The lowest BCUT2D eigenvalue weighted by Crippen LogP contribution is -2.48. The van der Waals surface area contributed by atoms with Crippen molar-refractivity contribution in [1.82, 2.24) is 9.97 Å². The fourth-order valence-electron chi connectivity index (χ4n) is 2.68. The van der Waals surface area contributed by atoms with Crippen LogP contribution in [-0.2, 0) is 16.1 Å². The topological polar surface area (TPSA) is 201 Å². The standard InChI is InChI=1S/C15H16N4O10/c20-5-8-11(21)12(22)13(29-8)18(9-3-4-16-14(23)17-9)15(24)27-6-7-1-2-10(28-7)19(25)26/h1-4,8,11-13,20-22H,5-6H2,(H,16,17,23)/t8-,11-,12+,13-/m1/s1. The van der Waals surface area contributed by atoms with Crippen LogP contribution in [0.4, 0.5) is 16.5 Å². The van der Waals surface area contributed by atoms with Crippen molar-refractivity contribution < 1.29 is 38.9 Å². The summed E-state index contributed by atoms with van der Waals surface area (Å²) in [4.78, 5) is 40.5. The van der Waals surface area contributed by atoms with Crippen LogP contribution >= 0.6 is 0 Å². The summed E-state index contributed by atoms with van der Waals surface area (Å²) in [6, 6.07) is 3.53. The number of ether oxygens (including phenoxy) is 2. The fraction of sp³-hybridized carbons (Fsp3) is 0.400. The van der Waals surface area contributed by atoms with E-state index in [1.807, 2.05) is 0 Å². The molecule has 1 amide bonds. The van der Waals surface area contributed by atoms with Gasteiger partial charge in [0, 0.05) is 6.20 Å². The maximum Gasteiger partial charge on any atom is 0.433 e. The second-order valence-electron chi connectivity index (χ2n) is 5.91. The van der Waals surface area contributed by atoms with Crippen molar-refractivity contribution >= 4 is 17.8 Å². The molecule has 1 saturated heterocycles. The Hall–Kier alpha value is -3.33. The minimum absolute atomic E-state index is 0.0330. The van der Waals surface area contributed by atoms with Crippen molar-refractivity contribution in [2.24, 2.45) is 0 Å². The number of aliphatic hydroxyl groups excluding tert-OH is 3. The summed E-state index contributed by atoms with van der Waals surface area (Å²) < 4.78 is 15.2. The van der Waals surface area contributed by atoms with Gasteiger partial charge in [0.15, 0.2) is 12.8 Å². The number of carbonyl (C=O) groups excluding carboxylic acids is 1. The molecule has 0 spiro atoms. The monoisotopic (exact) mass is 412 g/mol. The molecule has 1 aliphatic rings. The zero-order valence-corrected chi connectivity index (χ0v) is 14.6. The highest BCUT2D eigenvalue weighted by Crippen LogP contribution is 2.28. The number of anilines is 1. The Labute approximate surface area is 161 Å². The Balaban J connectivity index is 1.83. The van der Waals surface area contributed by atoms with Crippen LogP contribution in [0.25, 0.3) is 0 Å². The molecule has 0 saturated carbocycles. The fourth-order valence-corrected chi connectivity index (χ4v) is 2.68. The first-order valence-electron chi connectivity index (χ1n) is 8.18. The van der Waals surface area contributed by atoms with E-state index in [0.717, 1.165) is 12.3 Å². The molecular weight excluding hydrogens is 396 g/mol. The lowest BCUT2D eigenvalue weighted by molar-refractivity contribution is -0.402. The maximum absolute atomic E-state index is 12.7. The van der Waals surface area contributed by atoms with Gasteiger partial charge in [0.1, 0.15) is 34.8 Å². The van der Waals surface area contributed by atoms with Gasteiger partial charge < -0.3 is 29.2 Å². The van der Waals surface area contributed by atoms with Crippen LogP contribution < -0.4 is 10.6 Å². The predicted molar refractivity (Wildman–Crippen MR) is 90.6 cm³/mol. The molecule has 3 heterocycles. The average molecular weight is 412 g/mol. The van der Waals surface area contributed by atoms with Gasteiger partial charge in [-0.05, 0) is 12.1 Å². The van der Waals surface area contributed by atoms with E-state index in [-0.39, 0.29) is 11.6 Å². The van der Waals surface area contributed by atoms with Gasteiger partial charge in [-0.2, -0.15) is 0 Å². The molecule has 2 aromatic heterocycles. The number of aromatic nitrogens is 2. The van der Waals surface area contributed by atoms with Gasteiger partial charge >= 0.3 is 17.7 Å². The second kappa shape index (κ2) is 8.36. The first kappa shape index (κ1) is 20.4. The zero-order valence-electron chi connectivity index (χ0n) is 14.6. The summed E-state index contributed by atoms with van der Waals surface area (Å²) in [5.74, 6) is -0.750. The number of hydrogen-bond acceptors (Lipinski definition) is 11. The SMILES string of the molecule is O=C(OCc1ccc([N+](=O)[O-])o1)N(c1ccnc(=O)[nH]1)[C@@H]1O[C@H](CO)[C@@H](O)[C@@H]1O. The average Bonchev–Trinajstić information content (AvgIpc) is 3.27. The summed E-state index contributed by atoms with van der Waals surface area (Å²) in [6.07, 6.45) is -5.90. The van der Waals surface area contributed by atoms with E-state index in [9.17, 15) is 35.0 Å². The Morgan fingerprint density at radius 2 is 2.10 bits per heavy atom. The molecule has 156 valence electrons. The quantitative estimate of drug-likeness (QED) is 0.330. The Morgan fingerprint density at radius 1 is 1.34 bits per heavy atom. The molecule has 0 unspecified atom stereocenters. The van der Waals surface area contributed by atoms with Gasteiger partial charge in [-0.3, -0.25) is 15.1 Å². The lowest BCUT2D eigenvalue weighted by Gasteiger charge is -2.28. The number of nitrogens with one attached hydrogen (secondary N) is 1. The molecule has 4 N–H and O–H groups in total. The number of furan rings is 1. The molecule has 4 atom stereocenters. The molecule has 0 aromatic carbocycles. The number of nitro groups is 1. The molecule has 2 aromatic rings. The van der Waals surface area contributed by atoms with Crippen molar-refractivity contribution in [3.8, 4) is 0 Å². The van der Waals surface area contributed by atoms with Crippen LogP contribution in [0.1, 0.15) is 5.76 Å². The van der Waals surface area contributed by atoms with Crippen molar-refractivity contribution in [2.45, 2.75) is 31.1 Å². The van der Waals surface area contributed by atoms with Crippen LogP contribution in [0, 0.1) is 10.1 Å². The van der Waals surface area contributed by atoms with Crippen molar-refractivity contribution in [1.29, 1.82) is 0 Å². The molecule has 0 aliphatic carbocycles. The highest BCUT2D eigenvalue weighted by molar-refractivity contribution is 5.86. The van der Waals surface area contributed by atoms with E-state index >= 15 is 0 Å². The zero-order chi connectivity index (χ0) is 21.1. The molecule has 14 nitrogen and oxygen atoms in total. The number of H-pyrrole nitrogens is 1. The van der Waals surface area contributed by atoms with Gasteiger partial charge in [0.05, 0.1) is 12.7 Å². The number of aliphatic hydroxyl groups is 3. The summed E-state index contributed by atoms with van der Waals surface area (Å²) in [5, 5.41) is 40.1. The van der Waals surface area contributed by atoms with E-state index in [2.05, 4.69) is 9.97 Å². The van der Waals surface area contributed by atoms with E-state index in [0.29, 0.717) is 4.90 Å². The number of rotatable bonds is 6. The largest absolute Gasteiger partial charge is 0.441 e. The molecule has 0 radical (unpaired) electrons. The van der Waals surface area contributed by atoms with Gasteiger partial charge in [-0.25, -0.2) is 19.5 Å². The van der Waals surface area contributed by atoms with Crippen LogP contribution in [-0.4, -0.2) is 67.5 Å². The Bertz CT molecular complexity index is 943. The second-order valence-corrected chi connectivity index (χ2v) is 5.91. The van der Waals surface area contributed by atoms with Gasteiger partial charge in [0.25, 0.3) is 0 Å². The summed E-state index contributed by atoms with van der Waals surface area (Å²) in [6.45, 7) is -1.15. The number of nitrogens with zero attached hydrogens (tertiary/aromatic N) is 3. The van der Waals surface area contributed by atoms with E-state index < -0.39 is 60.3 Å². The molecule has 1 aliphatic heterocycles. The van der Waals surface area contributed by atoms with Gasteiger partial charge in [-0.1, -0.05) is 0 Å². The number of carbonyl (C=O) groups is 1. The minimum atomic E-state index is -1.64. The van der Waals surface area contributed by atoms with Crippen LogP contribution in [0.3, 0.4) is 0 Å². The smallest absolute Gasteiger partial charge is 0.433 e. The normalized spacial score (nSPS) is 23.7. The first-order chi connectivity index (χ1) is 13.8. The molecule has 0 bridgehead atoms. The molecule has 3 rings (SSSR count). The van der Waals surface area contributed by atoms with Crippen molar-refractivity contribution in [2.75, 3.05) is 11.5 Å². The third kappa shape index (κ3) is 4.24. The van der Waals surface area contributed by atoms with E-state index in [4.69, 9.17) is 13.9 Å². The third-order valence-electron chi connectivity index (χ3n) is 4.05. The highest BCUT2D eigenvalue weighted by atomic mass is 16.7. The number of aromatic amines is 1. The van der Waals surface area contributed by atoms with Crippen LogP contribution in [0.15, 0.2) is 33.6 Å². The third-order valence-corrected chi connectivity index (χ3v) is 4.05. The van der Waals surface area contributed by atoms with Crippen LogP contribution in [0.2, 0.25) is 0 Å². The number of hydrogen-bond donors (Lipinski definition) is 4. The predicted octanol–water partition coefficient (Wildman–Crippen LogP) is -1.15. The minimum Gasteiger partial charge on any atom is -0.441 e. The number of amides is 1. The first-order valence-corrected chi connectivity index (χ1v) is 8.18. The lowest BCUT2D eigenvalue weighted by atomic mass is 10.1. The molecule has 14 heteroatoms. The summed E-state index contributed by atoms with van der Waals surface area (Å²) in [7, 11) is 0. The van der Waals surface area contributed by atoms with Crippen molar-refractivity contribution in [3.05, 3.63) is 50.8 Å². The summed E-state index contributed by atoms with van der Waals surface area (Å²) in [5.41, 5.74) is -0.811. The Morgan fingerprint density at radius 3 is 2.69 bits per heavy atom. The van der Waals surface area contributed by atoms with E-state index in [1.54, 1.807) is 0 Å². The molecule has 1 fully saturated rings. The van der Waals surface area contributed by atoms with Crippen molar-refractivity contribution in [3.63, 3.8) is 0 Å².